The first-order chi connectivity index (χ1) is 13.3. The molecule has 4 rings (SSSR count). The Balaban J connectivity index is 1.73. The highest BCUT2D eigenvalue weighted by atomic mass is 16.5. The number of methoxy groups -OCH3 is 1. The molecule has 27 heavy (non-hydrogen) atoms. The maximum atomic E-state index is 6.32. The van der Waals surface area contributed by atoms with Crippen molar-refractivity contribution in [2.24, 2.45) is 0 Å². The van der Waals surface area contributed by atoms with Gasteiger partial charge in [-0.05, 0) is 24.3 Å². The van der Waals surface area contributed by atoms with E-state index in [0.29, 0.717) is 30.4 Å². The molecule has 0 fully saturated rings. The molecule has 0 aliphatic carbocycles. The summed E-state index contributed by atoms with van der Waals surface area (Å²) in [5, 5.41) is 0.787. The molecule has 2 aromatic carbocycles. The molecule has 0 amide bonds. The second kappa shape index (κ2) is 7.33. The van der Waals surface area contributed by atoms with Crippen LogP contribution in [0.4, 0.5) is 5.69 Å². The van der Waals surface area contributed by atoms with Crippen molar-refractivity contribution < 1.29 is 9.47 Å². The van der Waals surface area contributed by atoms with Crippen LogP contribution in [0.1, 0.15) is 5.69 Å². The van der Waals surface area contributed by atoms with Gasteiger partial charge in [-0.2, -0.15) is 0 Å². The van der Waals surface area contributed by atoms with Gasteiger partial charge in [-0.15, -0.1) is 0 Å². The van der Waals surface area contributed by atoms with Crippen molar-refractivity contribution in [1.29, 1.82) is 0 Å². The third-order valence-electron chi connectivity index (χ3n) is 4.23. The Morgan fingerprint density at radius 2 is 1.93 bits per heavy atom. The van der Waals surface area contributed by atoms with Crippen molar-refractivity contribution in [3.63, 3.8) is 0 Å². The van der Waals surface area contributed by atoms with E-state index in [0.717, 1.165) is 22.3 Å². The number of para-hydroxylation sites is 1. The predicted octanol–water partition coefficient (Wildman–Crippen LogP) is 3.03. The summed E-state index contributed by atoms with van der Waals surface area (Å²) in [5.41, 5.74) is 8.40. The number of aromatic nitrogens is 4. The molecular weight excluding hydrogens is 342 g/mol. The highest BCUT2D eigenvalue weighted by Crippen LogP contribution is 2.32. The number of ether oxygens (including phenoxy) is 2. The van der Waals surface area contributed by atoms with Gasteiger partial charge in [0.25, 0.3) is 0 Å². The largest absolute Gasteiger partial charge is 0.495 e. The lowest BCUT2D eigenvalue weighted by molar-refractivity contribution is 0.321. The summed E-state index contributed by atoms with van der Waals surface area (Å²) in [4.78, 5) is 13.4. The minimum Gasteiger partial charge on any atom is -0.495 e. The molecule has 2 aromatic heterocycles. The van der Waals surface area contributed by atoms with Gasteiger partial charge in [-0.3, -0.25) is 4.57 Å². The average Bonchev–Trinajstić information content (AvgIpc) is 3.24. The van der Waals surface area contributed by atoms with E-state index < -0.39 is 0 Å². The molecule has 7 heteroatoms. The monoisotopic (exact) mass is 361 g/mol. The lowest BCUT2D eigenvalue weighted by Crippen LogP contribution is -2.09. The van der Waals surface area contributed by atoms with Gasteiger partial charge in [-0.1, -0.05) is 18.2 Å². The SMILES string of the molecule is COc1ccc2nc(-n3ccnc3)nc(CCOc3ccccc3)c2c1N. The van der Waals surface area contributed by atoms with Crippen molar-refractivity contribution >= 4 is 16.6 Å². The van der Waals surface area contributed by atoms with E-state index in [4.69, 9.17) is 20.2 Å². The third kappa shape index (κ3) is 3.39. The Kier molecular flexibility index (Phi) is 4.57. The van der Waals surface area contributed by atoms with E-state index in [1.807, 2.05) is 42.5 Å². The summed E-state index contributed by atoms with van der Waals surface area (Å²) < 4.78 is 13.0. The van der Waals surface area contributed by atoms with Crippen LogP contribution in [-0.2, 0) is 6.42 Å². The number of hydrogen-bond donors (Lipinski definition) is 1. The number of nitrogens with zero attached hydrogens (tertiary/aromatic N) is 4. The normalized spacial score (nSPS) is 10.9. The van der Waals surface area contributed by atoms with Crippen LogP contribution in [0.15, 0.2) is 61.2 Å². The van der Waals surface area contributed by atoms with Crippen molar-refractivity contribution in [3.05, 3.63) is 66.9 Å². The van der Waals surface area contributed by atoms with Crippen LogP contribution in [-0.4, -0.2) is 33.2 Å². The number of nitrogens with two attached hydrogens (primary N) is 1. The van der Waals surface area contributed by atoms with Gasteiger partial charge in [0.1, 0.15) is 17.8 Å². The number of imidazole rings is 1. The Bertz CT molecular complexity index is 1050. The molecule has 7 nitrogen and oxygen atoms in total. The smallest absolute Gasteiger partial charge is 0.235 e. The van der Waals surface area contributed by atoms with Crippen LogP contribution < -0.4 is 15.2 Å². The molecule has 0 aliphatic heterocycles. The van der Waals surface area contributed by atoms with Crippen LogP contribution in [0.25, 0.3) is 16.9 Å². The number of fused-ring (bicyclic) bond motifs is 1. The first-order valence-electron chi connectivity index (χ1n) is 8.55. The molecule has 0 unspecified atom stereocenters. The van der Waals surface area contributed by atoms with E-state index in [9.17, 15) is 0 Å². The first kappa shape index (κ1) is 16.8. The summed E-state index contributed by atoms with van der Waals surface area (Å²) in [6, 6.07) is 13.4. The van der Waals surface area contributed by atoms with Gasteiger partial charge in [0.05, 0.1) is 30.6 Å². The molecule has 2 heterocycles. The third-order valence-corrected chi connectivity index (χ3v) is 4.23. The Labute approximate surface area is 156 Å². The minimum atomic E-state index is 0.468. The van der Waals surface area contributed by atoms with Crippen molar-refractivity contribution in [1.82, 2.24) is 19.5 Å². The lowest BCUT2D eigenvalue weighted by atomic mass is 10.1. The van der Waals surface area contributed by atoms with Crippen LogP contribution >= 0.6 is 0 Å². The number of benzene rings is 2. The Hall–Kier alpha value is -3.61. The van der Waals surface area contributed by atoms with Crippen LogP contribution in [0.3, 0.4) is 0 Å². The Morgan fingerprint density at radius 3 is 2.67 bits per heavy atom. The summed E-state index contributed by atoms with van der Waals surface area (Å²) in [6.07, 6.45) is 5.73. The molecule has 2 N–H and O–H groups in total. The predicted molar refractivity (Wildman–Crippen MR) is 103 cm³/mol. The summed E-state index contributed by atoms with van der Waals surface area (Å²) in [6.45, 7) is 0.468. The minimum absolute atomic E-state index is 0.468. The zero-order chi connectivity index (χ0) is 18.6. The zero-order valence-electron chi connectivity index (χ0n) is 14.9. The number of hydrogen-bond acceptors (Lipinski definition) is 6. The van der Waals surface area contributed by atoms with E-state index in [2.05, 4.69) is 9.97 Å². The van der Waals surface area contributed by atoms with Crippen molar-refractivity contribution in [2.45, 2.75) is 6.42 Å². The standard InChI is InChI=1S/C20H19N5O2/c1-26-17-8-7-15-18(19(17)21)16(9-12-27-14-5-3-2-4-6-14)24-20(23-15)25-11-10-22-13-25/h2-8,10-11,13H,9,12,21H2,1H3. The van der Waals surface area contributed by atoms with Crippen molar-refractivity contribution in [3.8, 4) is 17.4 Å². The van der Waals surface area contributed by atoms with E-state index in [1.165, 1.54) is 0 Å². The molecule has 0 spiro atoms. The topological polar surface area (TPSA) is 88.1 Å². The lowest BCUT2D eigenvalue weighted by Gasteiger charge is -2.13. The maximum absolute atomic E-state index is 6.32. The molecular formula is C20H19N5O2. The number of anilines is 1. The van der Waals surface area contributed by atoms with E-state index in [-0.39, 0.29) is 0 Å². The molecule has 0 atom stereocenters. The summed E-state index contributed by atoms with van der Waals surface area (Å²) in [5.74, 6) is 1.96. The van der Waals surface area contributed by atoms with Crippen LogP contribution in [0.5, 0.6) is 11.5 Å². The first-order valence-corrected chi connectivity index (χ1v) is 8.55. The van der Waals surface area contributed by atoms with Gasteiger partial charge < -0.3 is 15.2 Å². The fourth-order valence-corrected chi connectivity index (χ4v) is 2.93. The quantitative estimate of drug-likeness (QED) is 0.531. The summed E-state index contributed by atoms with van der Waals surface area (Å²) >= 11 is 0. The second-order valence-corrected chi connectivity index (χ2v) is 5.93. The van der Waals surface area contributed by atoms with Crippen LogP contribution in [0.2, 0.25) is 0 Å². The van der Waals surface area contributed by atoms with Gasteiger partial charge in [-0.25, -0.2) is 15.0 Å². The molecule has 0 aliphatic rings. The van der Waals surface area contributed by atoms with Gasteiger partial charge in [0, 0.05) is 24.2 Å². The highest BCUT2D eigenvalue weighted by molar-refractivity contribution is 5.95. The average molecular weight is 361 g/mol. The second-order valence-electron chi connectivity index (χ2n) is 5.93. The van der Waals surface area contributed by atoms with Gasteiger partial charge in [0.2, 0.25) is 5.95 Å². The number of nitrogen functional groups attached to an aromatic ring is 1. The Morgan fingerprint density at radius 1 is 1.07 bits per heavy atom. The highest BCUT2D eigenvalue weighted by Gasteiger charge is 2.15. The summed E-state index contributed by atoms with van der Waals surface area (Å²) in [7, 11) is 1.59. The van der Waals surface area contributed by atoms with Gasteiger partial charge >= 0.3 is 0 Å². The van der Waals surface area contributed by atoms with E-state index in [1.54, 1.807) is 30.4 Å². The molecule has 0 radical (unpaired) electrons. The zero-order valence-corrected chi connectivity index (χ0v) is 14.9. The van der Waals surface area contributed by atoms with Crippen LogP contribution in [0, 0.1) is 0 Å². The van der Waals surface area contributed by atoms with Crippen molar-refractivity contribution in [2.75, 3.05) is 19.5 Å². The maximum Gasteiger partial charge on any atom is 0.235 e. The molecule has 0 saturated heterocycles. The fraction of sp³-hybridized carbons (Fsp3) is 0.150. The fourth-order valence-electron chi connectivity index (χ4n) is 2.93. The van der Waals surface area contributed by atoms with Gasteiger partial charge in [0.15, 0.2) is 0 Å². The molecule has 0 bridgehead atoms. The molecule has 136 valence electrons. The van der Waals surface area contributed by atoms with E-state index >= 15 is 0 Å². The number of rotatable bonds is 6. The molecule has 4 aromatic rings. The molecule has 0 saturated carbocycles.